The van der Waals surface area contributed by atoms with Gasteiger partial charge in [-0.2, -0.15) is 23.0 Å². The van der Waals surface area contributed by atoms with E-state index in [1.54, 1.807) is 13.0 Å². The van der Waals surface area contributed by atoms with Crippen molar-refractivity contribution in [3.8, 4) is 5.95 Å². The van der Waals surface area contributed by atoms with Crippen LogP contribution in [0.15, 0.2) is 43.0 Å². The highest BCUT2D eigenvalue weighted by molar-refractivity contribution is 6.31. The van der Waals surface area contributed by atoms with Crippen molar-refractivity contribution in [2.45, 2.75) is 19.1 Å². The average Bonchev–Trinajstić information content (AvgIpc) is 3.11. The molecule has 2 N–H and O–H groups in total. The van der Waals surface area contributed by atoms with E-state index in [-0.39, 0.29) is 11.0 Å². The van der Waals surface area contributed by atoms with E-state index < -0.39 is 29.5 Å². The topological polar surface area (TPSA) is 97.6 Å². The number of urea groups is 1. The van der Waals surface area contributed by atoms with Crippen molar-refractivity contribution in [3.05, 3.63) is 59.4 Å². The Morgan fingerprint density at radius 3 is 2.61 bits per heavy atom. The fourth-order valence-corrected chi connectivity index (χ4v) is 2.56. The quantitative estimate of drug-likeness (QED) is 0.683. The van der Waals surface area contributed by atoms with Crippen molar-refractivity contribution in [2.75, 3.05) is 5.32 Å². The summed E-state index contributed by atoms with van der Waals surface area (Å²) in [6, 6.07) is 2.96. The van der Waals surface area contributed by atoms with E-state index in [9.17, 15) is 18.0 Å². The first-order valence-electron chi connectivity index (χ1n) is 7.87. The van der Waals surface area contributed by atoms with Crippen LogP contribution in [-0.4, -0.2) is 30.8 Å². The molecule has 2 aromatic heterocycles. The molecule has 0 unspecified atom stereocenters. The van der Waals surface area contributed by atoms with E-state index in [4.69, 9.17) is 11.6 Å². The number of hydrogen-bond acceptors (Lipinski definition) is 5. The molecule has 3 rings (SSSR count). The largest absolute Gasteiger partial charge is 0.418 e. The van der Waals surface area contributed by atoms with E-state index in [0.717, 1.165) is 18.2 Å². The van der Waals surface area contributed by atoms with Crippen molar-refractivity contribution in [3.63, 3.8) is 0 Å². The van der Waals surface area contributed by atoms with Crippen LogP contribution in [-0.2, 0) is 6.18 Å². The molecule has 146 valence electrons. The van der Waals surface area contributed by atoms with Gasteiger partial charge in [0.25, 0.3) is 5.95 Å². The number of carbonyl (C=O) groups excluding carboxylic acids is 1. The number of alkyl halides is 3. The second-order valence-corrected chi connectivity index (χ2v) is 6.02. The van der Waals surface area contributed by atoms with Crippen molar-refractivity contribution in [2.24, 2.45) is 0 Å². The molecule has 0 fully saturated rings. The van der Waals surface area contributed by atoms with Crippen LogP contribution in [0.3, 0.4) is 0 Å². The van der Waals surface area contributed by atoms with Gasteiger partial charge in [-0.3, -0.25) is 0 Å². The summed E-state index contributed by atoms with van der Waals surface area (Å²) in [5.41, 5.74) is -1.47. The van der Waals surface area contributed by atoms with Crippen LogP contribution in [0.25, 0.3) is 5.95 Å². The van der Waals surface area contributed by atoms with Gasteiger partial charge < -0.3 is 10.6 Å². The molecule has 0 aliphatic carbocycles. The second kappa shape index (κ2) is 7.80. The Hall–Kier alpha value is -3.21. The zero-order valence-corrected chi connectivity index (χ0v) is 15.0. The molecule has 0 bridgehead atoms. The Morgan fingerprint density at radius 2 is 1.93 bits per heavy atom. The number of nitrogens with zero attached hydrogens (tertiary/aromatic N) is 5. The molecule has 3 aromatic rings. The molecule has 0 aliphatic heterocycles. The molecular weight excluding hydrogens is 399 g/mol. The van der Waals surface area contributed by atoms with E-state index in [1.807, 2.05) is 0 Å². The molecule has 0 aliphatic rings. The zero-order chi connectivity index (χ0) is 20.3. The van der Waals surface area contributed by atoms with Crippen LogP contribution >= 0.6 is 11.6 Å². The number of hydrogen-bond donors (Lipinski definition) is 2. The van der Waals surface area contributed by atoms with Gasteiger partial charge >= 0.3 is 12.2 Å². The maximum Gasteiger partial charge on any atom is 0.418 e. The van der Waals surface area contributed by atoms with Gasteiger partial charge in [0.1, 0.15) is 6.33 Å². The average molecular weight is 412 g/mol. The van der Waals surface area contributed by atoms with E-state index in [1.165, 1.54) is 23.4 Å². The number of anilines is 1. The Labute approximate surface area is 161 Å². The van der Waals surface area contributed by atoms with E-state index in [0.29, 0.717) is 5.82 Å². The molecule has 8 nitrogen and oxygen atoms in total. The summed E-state index contributed by atoms with van der Waals surface area (Å²) in [5, 5.41) is 8.72. The Balaban J connectivity index is 1.77. The fraction of sp³-hybridized carbons (Fsp3) is 0.188. The third kappa shape index (κ3) is 4.36. The summed E-state index contributed by atoms with van der Waals surface area (Å²) in [6.07, 6.45) is -0.378. The molecule has 0 spiro atoms. The first kappa shape index (κ1) is 19.5. The molecule has 1 aromatic carbocycles. The zero-order valence-electron chi connectivity index (χ0n) is 14.3. The smallest absolute Gasteiger partial charge is 0.328 e. The monoisotopic (exact) mass is 411 g/mol. The van der Waals surface area contributed by atoms with Crippen molar-refractivity contribution in [1.29, 1.82) is 0 Å². The van der Waals surface area contributed by atoms with Gasteiger partial charge in [0.05, 0.1) is 17.3 Å². The van der Waals surface area contributed by atoms with Crippen molar-refractivity contribution < 1.29 is 18.0 Å². The molecule has 2 amide bonds. The first-order valence-corrected chi connectivity index (χ1v) is 8.25. The van der Waals surface area contributed by atoms with Crippen LogP contribution in [0.2, 0.25) is 5.02 Å². The van der Waals surface area contributed by atoms with Gasteiger partial charge in [-0.25, -0.2) is 19.7 Å². The lowest BCUT2D eigenvalue weighted by molar-refractivity contribution is -0.136. The molecule has 28 heavy (non-hydrogen) atoms. The van der Waals surface area contributed by atoms with Crippen LogP contribution in [0.5, 0.6) is 0 Å². The minimum absolute atomic E-state index is 0.0531. The molecule has 2 heterocycles. The lowest BCUT2D eigenvalue weighted by Crippen LogP contribution is -2.33. The first-order chi connectivity index (χ1) is 13.3. The number of amides is 2. The van der Waals surface area contributed by atoms with Crippen LogP contribution < -0.4 is 10.6 Å². The minimum Gasteiger partial charge on any atom is -0.328 e. The van der Waals surface area contributed by atoms with Gasteiger partial charge in [-0.15, -0.1) is 0 Å². The third-order valence-corrected chi connectivity index (χ3v) is 3.82. The number of nitrogens with one attached hydrogen (secondary N) is 2. The van der Waals surface area contributed by atoms with Crippen molar-refractivity contribution in [1.82, 2.24) is 30.0 Å². The summed E-state index contributed by atoms with van der Waals surface area (Å²) in [4.78, 5) is 24.4. The summed E-state index contributed by atoms with van der Waals surface area (Å²) in [7, 11) is 0. The van der Waals surface area contributed by atoms with Crippen LogP contribution in [0.4, 0.5) is 23.7 Å². The van der Waals surface area contributed by atoms with Gasteiger partial charge in [0.15, 0.2) is 5.82 Å². The molecular formula is C16H13ClF3N7O. The van der Waals surface area contributed by atoms with Gasteiger partial charge in [-0.05, 0) is 31.2 Å². The molecule has 1 atom stereocenters. The summed E-state index contributed by atoms with van der Waals surface area (Å²) >= 11 is 5.75. The third-order valence-electron chi connectivity index (χ3n) is 3.59. The number of benzene rings is 1. The molecule has 0 saturated carbocycles. The van der Waals surface area contributed by atoms with Crippen LogP contribution in [0.1, 0.15) is 24.4 Å². The molecule has 0 saturated heterocycles. The predicted molar refractivity (Wildman–Crippen MR) is 94.0 cm³/mol. The highest BCUT2D eigenvalue weighted by Gasteiger charge is 2.34. The normalized spacial score (nSPS) is 12.5. The van der Waals surface area contributed by atoms with Gasteiger partial charge in [-0.1, -0.05) is 11.6 Å². The Bertz CT molecular complexity index is 978. The standard InChI is InChI=1S/C16H13ClF3N7O/c1-9(13-23-8-24-27(13)14-21-5-2-6-22-14)25-15(28)26-12-7-10(17)3-4-11(12)16(18,19)20/h2-9H,1H3,(H2,25,26,28)/t9-/m0/s1. The highest BCUT2D eigenvalue weighted by atomic mass is 35.5. The maximum atomic E-state index is 13.1. The summed E-state index contributed by atoms with van der Waals surface area (Å²) in [6.45, 7) is 1.59. The molecule has 12 heteroatoms. The van der Waals surface area contributed by atoms with Crippen molar-refractivity contribution >= 4 is 23.3 Å². The van der Waals surface area contributed by atoms with Crippen LogP contribution in [0, 0.1) is 0 Å². The number of halogens is 4. The van der Waals surface area contributed by atoms with E-state index >= 15 is 0 Å². The number of rotatable bonds is 4. The minimum atomic E-state index is -4.65. The molecule has 0 radical (unpaired) electrons. The van der Waals surface area contributed by atoms with E-state index in [2.05, 4.69) is 30.7 Å². The summed E-state index contributed by atoms with van der Waals surface area (Å²) in [5.74, 6) is 0.529. The lowest BCUT2D eigenvalue weighted by atomic mass is 10.1. The Morgan fingerprint density at radius 1 is 1.21 bits per heavy atom. The summed E-state index contributed by atoms with van der Waals surface area (Å²) < 4.78 is 40.6. The highest BCUT2D eigenvalue weighted by Crippen LogP contribution is 2.36. The van der Waals surface area contributed by atoms with Gasteiger partial charge in [0.2, 0.25) is 0 Å². The number of aromatic nitrogens is 5. The predicted octanol–water partition coefficient (Wildman–Crippen LogP) is 3.61. The second-order valence-electron chi connectivity index (χ2n) is 5.59. The number of carbonyl (C=O) groups is 1. The SMILES string of the molecule is C[C@H](NC(=O)Nc1cc(Cl)ccc1C(F)(F)F)c1ncnn1-c1ncccn1. The fourth-order valence-electron chi connectivity index (χ4n) is 2.39. The Kier molecular flexibility index (Phi) is 5.45. The van der Waals surface area contributed by atoms with Gasteiger partial charge in [0, 0.05) is 17.4 Å². The lowest BCUT2D eigenvalue weighted by Gasteiger charge is -2.17. The maximum absolute atomic E-state index is 13.1.